The van der Waals surface area contributed by atoms with Gasteiger partial charge in [0.2, 0.25) is 12.0 Å². The van der Waals surface area contributed by atoms with Crippen molar-refractivity contribution < 1.29 is 32.3 Å². The van der Waals surface area contributed by atoms with Crippen molar-refractivity contribution in [3.8, 4) is 0 Å². The Morgan fingerprint density at radius 3 is 2.23 bits per heavy atom. The van der Waals surface area contributed by atoms with E-state index in [4.69, 9.17) is 4.74 Å². The smallest absolute Gasteiger partial charge is 0.416 e. The molecule has 1 heterocycles. The first kappa shape index (κ1) is 27.9. The molecule has 0 spiro atoms. The molecule has 3 aromatic rings. The highest BCUT2D eigenvalue weighted by Crippen LogP contribution is 2.31. The maximum absolute atomic E-state index is 13.6. The summed E-state index contributed by atoms with van der Waals surface area (Å²) in [6.07, 6.45) is -4.61. The molecule has 0 N–H and O–H groups in total. The zero-order chi connectivity index (χ0) is 28.0. The number of amides is 2. The quantitative estimate of drug-likeness (QED) is 0.371. The lowest BCUT2D eigenvalue weighted by Gasteiger charge is -2.42. The predicted molar refractivity (Wildman–Crippen MR) is 138 cm³/mol. The van der Waals surface area contributed by atoms with Crippen molar-refractivity contribution in [1.29, 1.82) is 0 Å². The zero-order valence-electron chi connectivity index (χ0n) is 21.4. The van der Waals surface area contributed by atoms with Crippen molar-refractivity contribution in [3.05, 3.63) is 107 Å². The Morgan fingerprint density at radius 2 is 1.59 bits per heavy atom. The normalized spacial score (nSPS) is 16.6. The van der Waals surface area contributed by atoms with Crippen molar-refractivity contribution in [2.24, 2.45) is 0 Å². The van der Waals surface area contributed by atoms with Gasteiger partial charge in [-0.05, 0) is 36.1 Å². The maximum atomic E-state index is 13.6. The summed E-state index contributed by atoms with van der Waals surface area (Å²) in [6.45, 7) is 1.07. The SMILES string of the molecule is CC(=O)O[C@H](C(=O)N1CC(=O)N(Cc2cccc(C(F)(F)F)c2)[C@@H](CCc2ccccc2)C1)c1ccccc1. The van der Waals surface area contributed by atoms with Crippen LogP contribution in [0, 0.1) is 0 Å². The second-order valence-corrected chi connectivity index (χ2v) is 9.52. The summed E-state index contributed by atoms with van der Waals surface area (Å²) in [4.78, 5) is 41.7. The highest BCUT2D eigenvalue weighted by Gasteiger charge is 2.38. The number of aryl methyl sites for hydroxylation is 1. The number of benzene rings is 3. The number of carbonyl (C=O) groups is 3. The lowest BCUT2D eigenvalue weighted by molar-refractivity contribution is -0.163. The van der Waals surface area contributed by atoms with Gasteiger partial charge < -0.3 is 14.5 Å². The van der Waals surface area contributed by atoms with Crippen molar-refractivity contribution in [2.45, 2.75) is 44.6 Å². The molecule has 3 aromatic carbocycles. The van der Waals surface area contributed by atoms with E-state index in [0.717, 1.165) is 17.7 Å². The van der Waals surface area contributed by atoms with Crippen LogP contribution >= 0.6 is 0 Å². The Morgan fingerprint density at radius 1 is 0.949 bits per heavy atom. The Bertz CT molecular complexity index is 1300. The molecule has 1 fully saturated rings. The summed E-state index contributed by atoms with van der Waals surface area (Å²) in [5, 5.41) is 0. The van der Waals surface area contributed by atoms with Gasteiger partial charge in [-0.15, -0.1) is 0 Å². The summed E-state index contributed by atoms with van der Waals surface area (Å²) in [5.74, 6) is -1.54. The van der Waals surface area contributed by atoms with Gasteiger partial charge in [0.25, 0.3) is 5.91 Å². The van der Waals surface area contributed by atoms with Crippen LogP contribution in [-0.4, -0.2) is 46.7 Å². The van der Waals surface area contributed by atoms with Crippen LogP contribution in [-0.2, 0) is 38.3 Å². The maximum Gasteiger partial charge on any atom is 0.416 e. The molecule has 1 aliphatic rings. The molecule has 0 saturated carbocycles. The molecule has 9 heteroatoms. The monoisotopic (exact) mass is 538 g/mol. The standard InChI is InChI=1S/C30H29F3N2O4/c1-21(36)39-28(24-12-6-3-7-13-24)29(38)34-19-26(16-15-22-9-4-2-5-10-22)35(27(37)20-34)18-23-11-8-14-25(17-23)30(31,32)33/h2-14,17,26,28H,15-16,18-20H2,1H3/t26-,28-/m0/s1. The largest absolute Gasteiger partial charge is 0.447 e. The number of alkyl halides is 3. The molecular weight excluding hydrogens is 509 g/mol. The Labute approximate surface area is 225 Å². The third-order valence-electron chi connectivity index (χ3n) is 6.66. The highest BCUT2D eigenvalue weighted by atomic mass is 19.4. The average Bonchev–Trinajstić information content (AvgIpc) is 2.92. The molecule has 204 valence electrons. The average molecular weight is 539 g/mol. The van der Waals surface area contributed by atoms with E-state index in [0.29, 0.717) is 24.0 Å². The van der Waals surface area contributed by atoms with Crippen molar-refractivity contribution in [1.82, 2.24) is 9.80 Å². The molecule has 0 radical (unpaired) electrons. The fourth-order valence-corrected chi connectivity index (χ4v) is 4.75. The van der Waals surface area contributed by atoms with Crippen LogP contribution in [0.4, 0.5) is 13.2 Å². The van der Waals surface area contributed by atoms with Gasteiger partial charge in [-0.25, -0.2) is 0 Å². The summed E-state index contributed by atoms with van der Waals surface area (Å²) in [5.41, 5.74) is 1.09. The third-order valence-corrected chi connectivity index (χ3v) is 6.66. The molecule has 1 saturated heterocycles. The number of halogens is 3. The van der Waals surface area contributed by atoms with Gasteiger partial charge in [-0.1, -0.05) is 72.8 Å². The van der Waals surface area contributed by atoms with E-state index >= 15 is 0 Å². The Hall–Kier alpha value is -4.14. The molecule has 0 aliphatic carbocycles. The number of carbonyl (C=O) groups excluding carboxylic acids is 3. The molecule has 4 rings (SSSR count). The Balaban J connectivity index is 1.59. The molecule has 1 aliphatic heterocycles. The van der Waals surface area contributed by atoms with E-state index < -0.39 is 35.8 Å². The van der Waals surface area contributed by atoms with E-state index in [1.54, 1.807) is 41.3 Å². The van der Waals surface area contributed by atoms with Gasteiger partial charge in [-0.2, -0.15) is 13.2 Å². The first-order chi connectivity index (χ1) is 18.6. The van der Waals surface area contributed by atoms with Crippen LogP contribution in [0.5, 0.6) is 0 Å². The second kappa shape index (κ2) is 12.1. The van der Waals surface area contributed by atoms with Gasteiger partial charge in [-0.3, -0.25) is 14.4 Å². The number of piperazine rings is 1. The lowest BCUT2D eigenvalue weighted by atomic mass is 9.99. The number of hydrogen-bond acceptors (Lipinski definition) is 4. The summed E-state index contributed by atoms with van der Waals surface area (Å²) in [6, 6.07) is 22.6. The first-order valence-corrected chi connectivity index (χ1v) is 12.6. The summed E-state index contributed by atoms with van der Waals surface area (Å²) >= 11 is 0. The van der Waals surface area contributed by atoms with Gasteiger partial charge >= 0.3 is 12.1 Å². The van der Waals surface area contributed by atoms with Gasteiger partial charge in [0.1, 0.15) is 0 Å². The van der Waals surface area contributed by atoms with Gasteiger partial charge in [0.15, 0.2) is 0 Å². The molecule has 0 aromatic heterocycles. The minimum Gasteiger partial charge on any atom is -0.447 e. The molecule has 6 nitrogen and oxygen atoms in total. The van der Waals surface area contributed by atoms with Crippen LogP contribution in [0.25, 0.3) is 0 Å². The Kier molecular flexibility index (Phi) is 8.69. The first-order valence-electron chi connectivity index (χ1n) is 12.6. The summed E-state index contributed by atoms with van der Waals surface area (Å²) in [7, 11) is 0. The molecular formula is C30H29F3N2O4. The molecule has 2 amide bonds. The predicted octanol–water partition coefficient (Wildman–Crippen LogP) is 5.18. The van der Waals surface area contributed by atoms with Crippen molar-refractivity contribution in [3.63, 3.8) is 0 Å². The van der Waals surface area contributed by atoms with Crippen LogP contribution in [0.15, 0.2) is 84.9 Å². The van der Waals surface area contributed by atoms with Crippen LogP contribution in [0.3, 0.4) is 0 Å². The fraction of sp³-hybridized carbons (Fsp3) is 0.300. The van der Waals surface area contributed by atoms with E-state index in [9.17, 15) is 27.6 Å². The number of hydrogen-bond donors (Lipinski definition) is 0. The minimum atomic E-state index is -4.50. The third kappa shape index (κ3) is 7.25. The highest BCUT2D eigenvalue weighted by molar-refractivity contribution is 5.90. The topological polar surface area (TPSA) is 66.9 Å². The van der Waals surface area contributed by atoms with E-state index in [1.807, 2.05) is 30.3 Å². The number of nitrogens with zero attached hydrogens (tertiary/aromatic N) is 2. The number of rotatable bonds is 8. The zero-order valence-corrected chi connectivity index (χ0v) is 21.4. The van der Waals surface area contributed by atoms with E-state index in [1.165, 1.54) is 17.9 Å². The number of esters is 1. The molecule has 39 heavy (non-hydrogen) atoms. The van der Waals surface area contributed by atoms with Crippen LogP contribution < -0.4 is 0 Å². The van der Waals surface area contributed by atoms with Gasteiger partial charge in [0.05, 0.1) is 18.2 Å². The van der Waals surface area contributed by atoms with Crippen LogP contribution in [0.1, 0.15) is 41.7 Å². The fourth-order valence-electron chi connectivity index (χ4n) is 4.75. The summed E-state index contributed by atoms with van der Waals surface area (Å²) < 4.78 is 45.2. The molecule has 0 bridgehead atoms. The van der Waals surface area contributed by atoms with E-state index in [-0.39, 0.29) is 25.5 Å². The molecule has 0 unspecified atom stereocenters. The lowest BCUT2D eigenvalue weighted by Crippen LogP contribution is -2.58. The number of ether oxygens (including phenoxy) is 1. The van der Waals surface area contributed by atoms with Gasteiger partial charge in [0, 0.05) is 25.6 Å². The van der Waals surface area contributed by atoms with Crippen molar-refractivity contribution >= 4 is 17.8 Å². The van der Waals surface area contributed by atoms with E-state index in [2.05, 4.69) is 0 Å². The van der Waals surface area contributed by atoms with Crippen molar-refractivity contribution in [2.75, 3.05) is 13.1 Å². The second-order valence-electron chi connectivity index (χ2n) is 9.52. The molecule has 2 atom stereocenters. The van der Waals surface area contributed by atoms with Crippen LogP contribution in [0.2, 0.25) is 0 Å². The minimum absolute atomic E-state index is 0.0176.